The van der Waals surface area contributed by atoms with Gasteiger partial charge in [0.1, 0.15) is 5.82 Å². The molecule has 18 heavy (non-hydrogen) atoms. The van der Waals surface area contributed by atoms with Crippen LogP contribution in [0.3, 0.4) is 0 Å². The maximum absolute atomic E-state index is 5.69. The first kappa shape index (κ1) is 13.1. The normalized spacial score (nSPS) is 11.9. The molecule has 0 saturated carbocycles. The van der Waals surface area contributed by atoms with Crippen LogP contribution < -0.4 is 5.73 Å². The Morgan fingerprint density at radius 3 is 2.50 bits per heavy atom. The maximum atomic E-state index is 5.69. The second kappa shape index (κ2) is 5.11. The highest BCUT2D eigenvalue weighted by Crippen LogP contribution is 2.24. The molecular weight excluding hydrogens is 222 g/mol. The predicted molar refractivity (Wildman–Crippen MR) is 76.6 cm³/mol. The first-order valence-corrected chi connectivity index (χ1v) is 6.72. The van der Waals surface area contributed by atoms with Gasteiger partial charge in [0.2, 0.25) is 0 Å². The van der Waals surface area contributed by atoms with Crippen LogP contribution in [0, 0.1) is 5.92 Å². The average molecular weight is 245 g/mol. The van der Waals surface area contributed by atoms with Crippen molar-refractivity contribution in [2.45, 2.75) is 46.7 Å². The summed E-state index contributed by atoms with van der Waals surface area (Å²) in [7, 11) is 0. The van der Waals surface area contributed by atoms with Crippen molar-refractivity contribution in [3.63, 3.8) is 0 Å². The molecule has 1 aromatic carbocycles. The Hall–Kier alpha value is -1.35. The maximum Gasteiger partial charge on any atom is 0.112 e. The molecule has 0 aliphatic carbocycles. The smallest absolute Gasteiger partial charge is 0.112 e. The van der Waals surface area contributed by atoms with Gasteiger partial charge in [-0.15, -0.1) is 0 Å². The molecule has 0 fully saturated rings. The first-order chi connectivity index (χ1) is 8.52. The molecule has 1 aromatic heterocycles. The molecule has 98 valence electrons. The van der Waals surface area contributed by atoms with E-state index >= 15 is 0 Å². The molecule has 0 radical (unpaired) electrons. The van der Waals surface area contributed by atoms with E-state index in [0.717, 1.165) is 17.6 Å². The third kappa shape index (κ3) is 2.41. The Morgan fingerprint density at radius 2 is 1.94 bits per heavy atom. The summed E-state index contributed by atoms with van der Waals surface area (Å²) in [6.45, 7) is 10.5. The molecule has 2 N–H and O–H groups in total. The SMILES string of the molecule is CC(C)Cn1c(C(C)C)nc2cc(CN)ccc21. The number of hydrogen-bond donors (Lipinski definition) is 1. The lowest BCUT2D eigenvalue weighted by molar-refractivity contribution is 0.508. The summed E-state index contributed by atoms with van der Waals surface area (Å²) in [6.07, 6.45) is 0. The van der Waals surface area contributed by atoms with Gasteiger partial charge >= 0.3 is 0 Å². The molecule has 2 rings (SSSR count). The third-order valence-corrected chi connectivity index (χ3v) is 3.14. The second-order valence-corrected chi connectivity index (χ2v) is 5.66. The van der Waals surface area contributed by atoms with Crippen molar-refractivity contribution in [3.8, 4) is 0 Å². The predicted octanol–water partition coefficient (Wildman–Crippen LogP) is 3.27. The van der Waals surface area contributed by atoms with Crippen LogP contribution in [0.2, 0.25) is 0 Å². The fraction of sp³-hybridized carbons (Fsp3) is 0.533. The number of aromatic nitrogens is 2. The van der Waals surface area contributed by atoms with E-state index < -0.39 is 0 Å². The number of fused-ring (bicyclic) bond motifs is 1. The molecule has 3 nitrogen and oxygen atoms in total. The Kier molecular flexibility index (Phi) is 3.71. The Morgan fingerprint density at radius 1 is 1.22 bits per heavy atom. The van der Waals surface area contributed by atoms with Gasteiger partial charge in [0.05, 0.1) is 11.0 Å². The van der Waals surface area contributed by atoms with Crippen molar-refractivity contribution in [1.82, 2.24) is 9.55 Å². The van der Waals surface area contributed by atoms with Crippen LogP contribution in [0.15, 0.2) is 18.2 Å². The number of nitrogens with two attached hydrogens (primary N) is 1. The van der Waals surface area contributed by atoms with Gasteiger partial charge in [0.25, 0.3) is 0 Å². The number of imidazole rings is 1. The third-order valence-electron chi connectivity index (χ3n) is 3.14. The lowest BCUT2D eigenvalue weighted by Crippen LogP contribution is -2.09. The molecule has 0 amide bonds. The highest BCUT2D eigenvalue weighted by atomic mass is 15.1. The van der Waals surface area contributed by atoms with Gasteiger partial charge in [0.15, 0.2) is 0 Å². The van der Waals surface area contributed by atoms with Gasteiger partial charge in [-0.05, 0) is 23.6 Å². The van der Waals surface area contributed by atoms with Gasteiger partial charge in [-0.2, -0.15) is 0 Å². The Labute approximate surface area is 109 Å². The lowest BCUT2D eigenvalue weighted by Gasteiger charge is -2.13. The van der Waals surface area contributed by atoms with Crippen LogP contribution >= 0.6 is 0 Å². The highest BCUT2D eigenvalue weighted by molar-refractivity contribution is 5.77. The number of nitrogens with zero attached hydrogens (tertiary/aromatic N) is 2. The molecule has 0 aliphatic rings. The molecule has 2 aromatic rings. The van der Waals surface area contributed by atoms with E-state index in [4.69, 9.17) is 10.7 Å². The Bertz CT molecular complexity index is 538. The summed E-state index contributed by atoms with van der Waals surface area (Å²) >= 11 is 0. The second-order valence-electron chi connectivity index (χ2n) is 5.66. The van der Waals surface area contributed by atoms with Crippen molar-refractivity contribution in [2.24, 2.45) is 11.7 Å². The summed E-state index contributed by atoms with van der Waals surface area (Å²) in [5.41, 5.74) is 9.14. The molecule has 0 unspecified atom stereocenters. The fourth-order valence-corrected chi connectivity index (χ4v) is 2.32. The minimum atomic E-state index is 0.442. The molecular formula is C15H23N3. The van der Waals surface area contributed by atoms with E-state index in [-0.39, 0.29) is 0 Å². The van der Waals surface area contributed by atoms with Crippen molar-refractivity contribution in [1.29, 1.82) is 0 Å². The molecule has 0 aliphatic heterocycles. The van der Waals surface area contributed by atoms with E-state index in [1.807, 2.05) is 0 Å². The van der Waals surface area contributed by atoms with Crippen molar-refractivity contribution in [3.05, 3.63) is 29.6 Å². The standard InChI is InChI=1S/C15H23N3/c1-10(2)9-18-14-6-5-12(8-16)7-13(14)17-15(18)11(3)4/h5-7,10-11H,8-9,16H2,1-4H3. The van der Waals surface area contributed by atoms with E-state index in [9.17, 15) is 0 Å². The van der Waals surface area contributed by atoms with E-state index in [0.29, 0.717) is 18.4 Å². The number of rotatable bonds is 4. The van der Waals surface area contributed by atoms with E-state index in [1.165, 1.54) is 11.3 Å². The molecule has 0 atom stereocenters. The summed E-state index contributed by atoms with van der Waals surface area (Å²) in [6, 6.07) is 6.36. The summed E-state index contributed by atoms with van der Waals surface area (Å²) in [5, 5.41) is 0. The van der Waals surface area contributed by atoms with Crippen molar-refractivity contribution in [2.75, 3.05) is 0 Å². The van der Waals surface area contributed by atoms with Crippen LogP contribution in [0.4, 0.5) is 0 Å². The van der Waals surface area contributed by atoms with Crippen LogP contribution in [0.1, 0.15) is 45.0 Å². The van der Waals surface area contributed by atoms with E-state index in [1.54, 1.807) is 0 Å². The minimum absolute atomic E-state index is 0.442. The zero-order chi connectivity index (χ0) is 13.3. The van der Waals surface area contributed by atoms with Gasteiger partial charge in [-0.25, -0.2) is 4.98 Å². The molecule has 3 heteroatoms. The lowest BCUT2D eigenvalue weighted by atomic mass is 10.1. The monoisotopic (exact) mass is 245 g/mol. The molecule has 1 heterocycles. The highest BCUT2D eigenvalue weighted by Gasteiger charge is 2.14. The Balaban J connectivity index is 2.59. The van der Waals surface area contributed by atoms with Crippen LogP contribution in [0.5, 0.6) is 0 Å². The van der Waals surface area contributed by atoms with Crippen LogP contribution in [-0.2, 0) is 13.1 Å². The fourth-order valence-electron chi connectivity index (χ4n) is 2.32. The molecule has 0 bridgehead atoms. The largest absolute Gasteiger partial charge is 0.328 e. The number of hydrogen-bond acceptors (Lipinski definition) is 2. The number of benzene rings is 1. The summed E-state index contributed by atoms with van der Waals surface area (Å²) in [5.74, 6) is 2.24. The van der Waals surface area contributed by atoms with Crippen molar-refractivity contribution >= 4 is 11.0 Å². The van der Waals surface area contributed by atoms with E-state index in [2.05, 4.69) is 50.5 Å². The first-order valence-electron chi connectivity index (χ1n) is 6.72. The van der Waals surface area contributed by atoms with Crippen molar-refractivity contribution < 1.29 is 0 Å². The topological polar surface area (TPSA) is 43.8 Å². The van der Waals surface area contributed by atoms with Gasteiger partial charge in [-0.1, -0.05) is 33.8 Å². The molecule has 0 saturated heterocycles. The summed E-state index contributed by atoms with van der Waals surface area (Å²) in [4.78, 5) is 4.78. The van der Waals surface area contributed by atoms with Gasteiger partial charge in [0, 0.05) is 19.0 Å². The van der Waals surface area contributed by atoms with Gasteiger partial charge < -0.3 is 10.3 Å². The molecule has 0 spiro atoms. The summed E-state index contributed by atoms with van der Waals surface area (Å²) < 4.78 is 2.35. The van der Waals surface area contributed by atoms with Gasteiger partial charge in [-0.3, -0.25) is 0 Å². The van der Waals surface area contributed by atoms with Crippen LogP contribution in [0.25, 0.3) is 11.0 Å². The average Bonchev–Trinajstić information content (AvgIpc) is 2.66. The minimum Gasteiger partial charge on any atom is -0.328 e. The zero-order valence-corrected chi connectivity index (χ0v) is 11.8. The van der Waals surface area contributed by atoms with Crippen LogP contribution in [-0.4, -0.2) is 9.55 Å². The zero-order valence-electron chi connectivity index (χ0n) is 11.8. The quantitative estimate of drug-likeness (QED) is 0.898.